The van der Waals surface area contributed by atoms with Crippen LogP contribution in [0.4, 0.5) is 5.88 Å². The lowest BCUT2D eigenvalue weighted by Crippen LogP contribution is -2.24. The van der Waals surface area contributed by atoms with E-state index in [0.29, 0.717) is 35.6 Å². The maximum Gasteiger partial charge on any atom is 0.266 e. The highest BCUT2D eigenvalue weighted by atomic mass is 16.5. The molecule has 0 aliphatic carbocycles. The van der Waals surface area contributed by atoms with E-state index in [1.54, 1.807) is 6.07 Å². The van der Waals surface area contributed by atoms with E-state index >= 15 is 0 Å². The summed E-state index contributed by atoms with van der Waals surface area (Å²) in [5.74, 6) is 2.86. The van der Waals surface area contributed by atoms with Gasteiger partial charge in [0.2, 0.25) is 11.6 Å². The summed E-state index contributed by atoms with van der Waals surface area (Å²) in [7, 11) is 0. The van der Waals surface area contributed by atoms with Crippen LogP contribution in [0, 0.1) is 25.2 Å². The third-order valence-electron chi connectivity index (χ3n) is 5.34. The summed E-state index contributed by atoms with van der Waals surface area (Å²) in [6.07, 6.45) is 4.62. The second kappa shape index (κ2) is 8.44. The Morgan fingerprint density at radius 1 is 1.03 bits per heavy atom. The highest BCUT2D eigenvalue weighted by Crippen LogP contribution is 2.31. The van der Waals surface area contributed by atoms with Crippen LogP contribution in [0.1, 0.15) is 48.3 Å². The van der Waals surface area contributed by atoms with Gasteiger partial charge in [-0.25, -0.2) is 0 Å². The second-order valence-electron chi connectivity index (χ2n) is 7.49. The Kier molecular flexibility index (Phi) is 5.57. The number of rotatable bonds is 5. The van der Waals surface area contributed by atoms with Crippen LogP contribution in [-0.2, 0) is 6.61 Å². The fourth-order valence-corrected chi connectivity index (χ4v) is 3.51. The Morgan fingerprint density at radius 2 is 1.83 bits per heavy atom. The van der Waals surface area contributed by atoms with Crippen LogP contribution in [0.3, 0.4) is 0 Å². The maximum atomic E-state index is 9.49. The molecule has 0 amide bonds. The number of nitrogens with zero attached hydrogens (tertiary/aromatic N) is 3. The third-order valence-corrected chi connectivity index (χ3v) is 5.34. The van der Waals surface area contributed by atoms with Crippen LogP contribution in [-0.4, -0.2) is 18.1 Å². The van der Waals surface area contributed by atoms with Crippen LogP contribution in [0.15, 0.2) is 39.2 Å². The Balaban J connectivity index is 1.48. The Bertz CT molecular complexity index is 1020. The highest BCUT2D eigenvalue weighted by Gasteiger charge is 2.22. The topological polar surface area (TPSA) is 75.4 Å². The number of benzene rings is 1. The molecule has 0 bridgehead atoms. The average molecular weight is 391 g/mol. The monoisotopic (exact) mass is 391 g/mol. The largest absolute Gasteiger partial charge is 0.486 e. The summed E-state index contributed by atoms with van der Waals surface area (Å²) < 4.78 is 17.6. The number of hydrogen-bond acceptors (Lipinski definition) is 6. The van der Waals surface area contributed by atoms with Crippen molar-refractivity contribution in [2.45, 2.75) is 46.1 Å². The zero-order valence-electron chi connectivity index (χ0n) is 16.9. The molecule has 6 nitrogen and oxygen atoms in total. The summed E-state index contributed by atoms with van der Waals surface area (Å²) >= 11 is 0. The molecule has 0 saturated carbocycles. The molecule has 0 radical (unpaired) electrons. The van der Waals surface area contributed by atoms with Crippen molar-refractivity contribution in [1.29, 1.82) is 5.26 Å². The predicted molar refractivity (Wildman–Crippen MR) is 110 cm³/mol. The zero-order chi connectivity index (χ0) is 20.2. The molecule has 0 spiro atoms. The van der Waals surface area contributed by atoms with Gasteiger partial charge in [-0.15, -0.1) is 0 Å². The summed E-state index contributed by atoms with van der Waals surface area (Å²) in [5.41, 5.74) is 2.73. The van der Waals surface area contributed by atoms with Crippen molar-refractivity contribution in [2.75, 3.05) is 18.0 Å². The molecule has 1 aliphatic rings. The number of ether oxygens (including phenoxy) is 1. The Morgan fingerprint density at radius 3 is 2.55 bits per heavy atom. The van der Waals surface area contributed by atoms with E-state index in [-0.39, 0.29) is 0 Å². The molecule has 0 atom stereocenters. The minimum absolute atomic E-state index is 0.311. The number of aryl methyl sites for hydroxylation is 2. The van der Waals surface area contributed by atoms with E-state index in [1.165, 1.54) is 24.0 Å². The molecule has 2 aromatic heterocycles. The minimum Gasteiger partial charge on any atom is -0.486 e. The van der Waals surface area contributed by atoms with Gasteiger partial charge in [0, 0.05) is 13.1 Å². The molecule has 6 heteroatoms. The van der Waals surface area contributed by atoms with Crippen molar-refractivity contribution in [3.8, 4) is 23.5 Å². The first kappa shape index (κ1) is 19.1. The molecule has 150 valence electrons. The average Bonchev–Trinajstić information content (AvgIpc) is 3.28. The molecule has 1 aromatic carbocycles. The third kappa shape index (κ3) is 4.29. The predicted octanol–water partition coefficient (Wildman–Crippen LogP) is 5.38. The fourth-order valence-electron chi connectivity index (χ4n) is 3.51. The van der Waals surface area contributed by atoms with E-state index in [2.05, 4.69) is 29.8 Å². The molecule has 3 heterocycles. The van der Waals surface area contributed by atoms with E-state index < -0.39 is 0 Å². The number of anilines is 1. The molecule has 1 fully saturated rings. The van der Waals surface area contributed by atoms with Gasteiger partial charge in [-0.2, -0.15) is 10.2 Å². The van der Waals surface area contributed by atoms with Crippen LogP contribution < -0.4 is 9.64 Å². The van der Waals surface area contributed by atoms with Crippen LogP contribution in [0.2, 0.25) is 0 Å². The van der Waals surface area contributed by atoms with Gasteiger partial charge < -0.3 is 18.5 Å². The van der Waals surface area contributed by atoms with Crippen molar-refractivity contribution in [3.63, 3.8) is 0 Å². The lowest BCUT2D eigenvalue weighted by atomic mass is 10.1. The molecular formula is C23H25N3O3. The van der Waals surface area contributed by atoms with Crippen molar-refractivity contribution in [2.24, 2.45) is 0 Å². The number of aromatic nitrogens is 1. The second-order valence-corrected chi connectivity index (χ2v) is 7.49. The van der Waals surface area contributed by atoms with Crippen LogP contribution >= 0.6 is 0 Å². The molecule has 0 unspecified atom stereocenters. The summed E-state index contributed by atoms with van der Waals surface area (Å²) in [4.78, 5) is 6.47. The van der Waals surface area contributed by atoms with Crippen molar-refractivity contribution < 1.29 is 13.6 Å². The summed E-state index contributed by atoms with van der Waals surface area (Å²) in [6, 6.07) is 11.8. The quantitative estimate of drug-likeness (QED) is 0.581. The molecular weight excluding hydrogens is 366 g/mol. The molecule has 29 heavy (non-hydrogen) atoms. The van der Waals surface area contributed by atoms with Gasteiger partial charge in [-0.3, -0.25) is 0 Å². The fraction of sp³-hybridized carbons (Fsp3) is 0.391. The number of hydrogen-bond donors (Lipinski definition) is 0. The van der Waals surface area contributed by atoms with Gasteiger partial charge in [0.1, 0.15) is 24.2 Å². The van der Waals surface area contributed by atoms with Gasteiger partial charge >= 0.3 is 0 Å². The first-order chi connectivity index (χ1) is 14.1. The first-order valence-electron chi connectivity index (χ1n) is 10.1. The lowest BCUT2D eigenvalue weighted by molar-refractivity contribution is 0.271. The molecule has 0 N–H and O–H groups in total. The van der Waals surface area contributed by atoms with Crippen LogP contribution in [0.25, 0.3) is 11.7 Å². The van der Waals surface area contributed by atoms with Crippen molar-refractivity contribution >= 4 is 5.88 Å². The van der Waals surface area contributed by atoms with Gasteiger partial charge in [0.25, 0.3) is 5.89 Å². The van der Waals surface area contributed by atoms with E-state index in [0.717, 1.165) is 31.7 Å². The smallest absolute Gasteiger partial charge is 0.266 e. The Hall–Kier alpha value is -3.20. The molecule has 1 saturated heterocycles. The zero-order valence-corrected chi connectivity index (χ0v) is 16.9. The lowest BCUT2D eigenvalue weighted by Gasteiger charge is -2.18. The van der Waals surface area contributed by atoms with E-state index in [1.807, 2.05) is 24.3 Å². The minimum atomic E-state index is 0.311. The van der Waals surface area contributed by atoms with Gasteiger partial charge in [0.15, 0.2) is 5.76 Å². The van der Waals surface area contributed by atoms with Crippen LogP contribution in [0.5, 0.6) is 5.75 Å². The van der Waals surface area contributed by atoms with E-state index in [4.69, 9.17) is 13.6 Å². The Labute approximate surface area is 170 Å². The number of nitriles is 1. The van der Waals surface area contributed by atoms with Crippen molar-refractivity contribution in [1.82, 2.24) is 4.98 Å². The summed E-state index contributed by atoms with van der Waals surface area (Å²) in [6.45, 7) is 6.22. The molecule has 4 rings (SSSR count). The molecule has 3 aromatic rings. The SMILES string of the molecule is Cc1ccc(OCc2ccc(-c3nc(C#N)c(N4CCCCCC4)o3)o2)cc1C. The molecule has 1 aliphatic heterocycles. The number of oxazole rings is 1. The van der Waals surface area contributed by atoms with Crippen molar-refractivity contribution in [3.05, 3.63) is 52.9 Å². The number of furan rings is 1. The summed E-state index contributed by atoms with van der Waals surface area (Å²) in [5, 5.41) is 9.49. The maximum absolute atomic E-state index is 9.49. The van der Waals surface area contributed by atoms with Gasteiger partial charge in [-0.05, 0) is 62.1 Å². The standard InChI is InChI=1S/C23H25N3O3/c1-16-7-8-18(13-17(16)2)27-15-19-9-10-21(28-19)22-25-20(14-24)23(29-22)26-11-5-3-4-6-12-26/h7-10,13H,3-6,11-12,15H2,1-2H3. The first-order valence-corrected chi connectivity index (χ1v) is 10.1. The normalized spacial score (nSPS) is 14.4. The highest BCUT2D eigenvalue weighted by molar-refractivity contribution is 5.56. The van der Waals surface area contributed by atoms with Gasteiger partial charge in [-0.1, -0.05) is 18.9 Å². The van der Waals surface area contributed by atoms with E-state index in [9.17, 15) is 5.26 Å². The van der Waals surface area contributed by atoms with Gasteiger partial charge in [0.05, 0.1) is 0 Å².